The van der Waals surface area contributed by atoms with E-state index in [1.807, 2.05) is 0 Å². The number of rotatable bonds is 1. The zero-order valence-electron chi connectivity index (χ0n) is 10.3. The SMILES string of the molecule is CC1CNCC(C)N1C1CCCNC(=O)C1. The lowest BCUT2D eigenvalue weighted by Crippen LogP contribution is -2.59. The van der Waals surface area contributed by atoms with Gasteiger partial charge < -0.3 is 10.6 Å². The summed E-state index contributed by atoms with van der Waals surface area (Å²) in [5.41, 5.74) is 0. The Morgan fingerprint density at radius 1 is 1.25 bits per heavy atom. The Hall–Kier alpha value is -0.610. The fourth-order valence-electron chi connectivity index (χ4n) is 3.07. The van der Waals surface area contributed by atoms with E-state index in [-0.39, 0.29) is 5.91 Å². The van der Waals surface area contributed by atoms with Crippen LogP contribution in [0.5, 0.6) is 0 Å². The number of hydrogen-bond acceptors (Lipinski definition) is 3. The fraction of sp³-hybridized carbons (Fsp3) is 0.917. The maximum absolute atomic E-state index is 11.6. The largest absolute Gasteiger partial charge is 0.356 e. The van der Waals surface area contributed by atoms with Crippen LogP contribution in [0.25, 0.3) is 0 Å². The number of amides is 1. The van der Waals surface area contributed by atoms with Gasteiger partial charge in [0.1, 0.15) is 0 Å². The van der Waals surface area contributed by atoms with Gasteiger partial charge in [-0.3, -0.25) is 9.69 Å². The van der Waals surface area contributed by atoms with Crippen LogP contribution in [0.1, 0.15) is 33.1 Å². The number of nitrogens with zero attached hydrogens (tertiary/aromatic N) is 1. The third-order valence-electron chi connectivity index (χ3n) is 3.78. The standard InChI is InChI=1S/C12H23N3O/c1-9-7-13-8-10(2)15(9)11-4-3-5-14-12(16)6-11/h9-11,13H,3-8H2,1-2H3,(H,14,16). The maximum Gasteiger partial charge on any atom is 0.221 e. The van der Waals surface area contributed by atoms with Crippen LogP contribution in [0, 0.1) is 0 Å². The van der Waals surface area contributed by atoms with Gasteiger partial charge in [0.15, 0.2) is 0 Å². The van der Waals surface area contributed by atoms with Gasteiger partial charge in [0, 0.05) is 44.2 Å². The molecule has 0 saturated carbocycles. The van der Waals surface area contributed by atoms with Gasteiger partial charge in [-0.25, -0.2) is 0 Å². The van der Waals surface area contributed by atoms with Crippen molar-refractivity contribution in [2.45, 2.75) is 51.2 Å². The molecule has 0 aliphatic carbocycles. The normalized spacial score (nSPS) is 37.9. The van der Waals surface area contributed by atoms with Gasteiger partial charge in [0.05, 0.1) is 0 Å². The molecule has 2 saturated heterocycles. The first-order valence-corrected chi connectivity index (χ1v) is 6.43. The summed E-state index contributed by atoms with van der Waals surface area (Å²) < 4.78 is 0. The van der Waals surface area contributed by atoms with Crippen molar-refractivity contribution in [3.63, 3.8) is 0 Å². The van der Waals surface area contributed by atoms with Crippen molar-refractivity contribution >= 4 is 5.91 Å². The van der Waals surface area contributed by atoms with Crippen LogP contribution in [-0.2, 0) is 4.79 Å². The zero-order valence-corrected chi connectivity index (χ0v) is 10.3. The summed E-state index contributed by atoms with van der Waals surface area (Å²) in [5.74, 6) is 0.223. The van der Waals surface area contributed by atoms with Crippen LogP contribution in [-0.4, -0.2) is 48.6 Å². The Labute approximate surface area is 97.8 Å². The number of piperazine rings is 1. The van der Waals surface area contributed by atoms with Crippen molar-refractivity contribution in [3.05, 3.63) is 0 Å². The van der Waals surface area contributed by atoms with E-state index < -0.39 is 0 Å². The Kier molecular flexibility index (Phi) is 3.82. The minimum absolute atomic E-state index is 0.223. The molecule has 1 amide bonds. The van der Waals surface area contributed by atoms with Crippen LogP contribution in [0.3, 0.4) is 0 Å². The number of nitrogens with one attached hydrogen (secondary N) is 2. The third-order valence-corrected chi connectivity index (χ3v) is 3.78. The summed E-state index contributed by atoms with van der Waals surface area (Å²) in [5, 5.41) is 6.40. The van der Waals surface area contributed by atoms with Crippen LogP contribution in [0.2, 0.25) is 0 Å². The first kappa shape index (κ1) is 11.9. The minimum Gasteiger partial charge on any atom is -0.356 e. The molecular weight excluding hydrogens is 202 g/mol. The van der Waals surface area contributed by atoms with E-state index in [1.165, 1.54) is 0 Å². The van der Waals surface area contributed by atoms with Crippen molar-refractivity contribution in [2.75, 3.05) is 19.6 Å². The van der Waals surface area contributed by atoms with Gasteiger partial charge in [-0.05, 0) is 26.7 Å². The highest BCUT2D eigenvalue weighted by Crippen LogP contribution is 2.21. The van der Waals surface area contributed by atoms with Crippen LogP contribution < -0.4 is 10.6 Å². The van der Waals surface area contributed by atoms with Gasteiger partial charge in [-0.15, -0.1) is 0 Å². The highest BCUT2D eigenvalue weighted by atomic mass is 16.1. The van der Waals surface area contributed by atoms with E-state index in [0.717, 1.165) is 32.5 Å². The molecule has 4 heteroatoms. The average molecular weight is 225 g/mol. The summed E-state index contributed by atoms with van der Waals surface area (Å²) in [4.78, 5) is 14.1. The molecule has 2 aliphatic rings. The van der Waals surface area contributed by atoms with E-state index in [9.17, 15) is 4.79 Å². The van der Waals surface area contributed by atoms with Gasteiger partial charge in [-0.1, -0.05) is 0 Å². The minimum atomic E-state index is 0.223. The summed E-state index contributed by atoms with van der Waals surface area (Å²) in [7, 11) is 0. The van der Waals surface area contributed by atoms with E-state index in [0.29, 0.717) is 24.5 Å². The molecular formula is C12H23N3O. The maximum atomic E-state index is 11.6. The van der Waals surface area contributed by atoms with Crippen molar-refractivity contribution < 1.29 is 4.79 Å². The van der Waals surface area contributed by atoms with Gasteiger partial charge >= 0.3 is 0 Å². The second-order valence-corrected chi connectivity index (χ2v) is 5.15. The first-order valence-electron chi connectivity index (χ1n) is 6.43. The molecule has 0 radical (unpaired) electrons. The molecule has 0 aromatic carbocycles. The topological polar surface area (TPSA) is 44.4 Å². The molecule has 0 aromatic rings. The Morgan fingerprint density at radius 3 is 2.62 bits per heavy atom. The van der Waals surface area contributed by atoms with E-state index >= 15 is 0 Å². The predicted octanol–water partition coefficient (Wildman–Crippen LogP) is 0.337. The molecule has 0 aromatic heterocycles. The molecule has 3 atom stereocenters. The molecule has 2 rings (SSSR count). The lowest BCUT2D eigenvalue weighted by atomic mass is 10.00. The van der Waals surface area contributed by atoms with E-state index in [4.69, 9.17) is 0 Å². The van der Waals surface area contributed by atoms with Crippen molar-refractivity contribution in [1.82, 2.24) is 15.5 Å². The molecule has 0 spiro atoms. The summed E-state index contributed by atoms with van der Waals surface area (Å²) in [6.07, 6.45) is 2.93. The molecule has 3 unspecified atom stereocenters. The first-order chi connectivity index (χ1) is 7.68. The van der Waals surface area contributed by atoms with Crippen molar-refractivity contribution in [2.24, 2.45) is 0 Å². The van der Waals surface area contributed by atoms with Gasteiger partial charge in [-0.2, -0.15) is 0 Å². The van der Waals surface area contributed by atoms with E-state index in [2.05, 4.69) is 29.4 Å². The average Bonchev–Trinajstić information content (AvgIpc) is 2.43. The second-order valence-electron chi connectivity index (χ2n) is 5.15. The second kappa shape index (κ2) is 5.15. The third kappa shape index (κ3) is 2.55. The summed E-state index contributed by atoms with van der Waals surface area (Å²) >= 11 is 0. The Morgan fingerprint density at radius 2 is 1.94 bits per heavy atom. The number of carbonyl (C=O) groups is 1. The van der Waals surface area contributed by atoms with Gasteiger partial charge in [0.2, 0.25) is 5.91 Å². The van der Waals surface area contributed by atoms with Crippen LogP contribution in [0.15, 0.2) is 0 Å². The molecule has 2 fully saturated rings. The zero-order chi connectivity index (χ0) is 11.5. The molecule has 4 nitrogen and oxygen atoms in total. The van der Waals surface area contributed by atoms with Crippen molar-refractivity contribution in [3.8, 4) is 0 Å². The Bertz CT molecular complexity index is 247. The van der Waals surface area contributed by atoms with Gasteiger partial charge in [0.25, 0.3) is 0 Å². The van der Waals surface area contributed by atoms with Crippen molar-refractivity contribution in [1.29, 1.82) is 0 Å². The molecule has 2 aliphatic heterocycles. The summed E-state index contributed by atoms with van der Waals surface area (Å²) in [6, 6.07) is 1.52. The van der Waals surface area contributed by atoms with Crippen LogP contribution >= 0.6 is 0 Å². The lowest BCUT2D eigenvalue weighted by molar-refractivity contribution is -0.122. The Balaban J connectivity index is 2.05. The number of hydrogen-bond donors (Lipinski definition) is 2. The molecule has 2 heterocycles. The van der Waals surface area contributed by atoms with E-state index in [1.54, 1.807) is 0 Å². The monoisotopic (exact) mass is 225 g/mol. The quantitative estimate of drug-likeness (QED) is 0.676. The molecule has 92 valence electrons. The summed E-state index contributed by atoms with van der Waals surface area (Å²) in [6.45, 7) is 7.45. The molecule has 0 bridgehead atoms. The molecule has 16 heavy (non-hydrogen) atoms. The highest BCUT2D eigenvalue weighted by molar-refractivity contribution is 5.76. The van der Waals surface area contributed by atoms with Crippen LogP contribution in [0.4, 0.5) is 0 Å². The number of carbonyl (C=O) groups excluding carboxylic acids is 1. The molecule has 2 N–H and O–H groups in total. The smallest absolute Gasteiger partial charge is 0.221 e. The predicted molar refractivity (Wildman–Crippen MR) is 64.3 cm³/mol. The lowest BCUT2D eigenvalue weighted by Gasteiger charge is -2.44. The fourth-order valence-corrected chi connectivity index (χ4v) is 3.07. The highest BCUT2D eigenvalue weighted by Gasteiger charge is 2.32.